The highest BCUT2D eigenvalue weighted by atomic mass is 16.2. The molecule has 0 aromatic rings. The van der Waals surface area contributed by atoms with Gasteiger partial charge < -0.3 is 15.5 Å². The van der Waals surface area contributed by atoms with E-state index in [1.807, 2.05) is 0 Å². The number of nitrogens with zero attached hydrogens (tertiary/aromatic N) is 2. The smallest absolute Gasteiger partial charge is 0.225 e. The van der Waals surface area contributed by atoms with Crippen molar-refractivity contribution in [2.75, 3.05) is 26.2 Å². The summed E-state index contributed by atoms with van der Waals surface area (Å²) in [6.45, 7) is 4.50. The molecule has 0 radical (unpaired) electrons. The van der Waals surface area contributed by atoms with Crippen LogP contribution < -0.4 is 5.73 Å². The zero-order chi connectivity index (χ0) is 13.9. The third-order valence-corrected chi connectivity index (χ3v) is 5.55. The Morgan fingerprint density at radius 3 is 2.05 bits per heavy atom. The lowest BCUT2D eigenvalue weighted by Gasteiger charge is -2.38. The number of hydrogen-bond donors (Lipinski definition) is 1. The van der Waals surface area contributed by atoms with Crippen LogP contribution in [0.25, 0.3) is 0 Å². The Labute approximate surface area is 122 Å². The molecule has 3 rings (SSSR count). The molecule has 1 aliphatic carbocycles. The first kappa shape index (κ1) is 14.3. The van der Waals surface area contributed by atoms with Crippen molar-refractivity contribution < 1.29 is 4.79 Å². The van der Waals surface area contributed by atoms with Gasteiger partial charge in [0, 0.05) is 31.1 Å². The van der Waals surface area contributed by atoms with Crippen molar-refractivity contribution in [3.8, 4) is 0 Å². The first-order valence-electron chi connectivity index (χ1n) is 8.52. The van der Waals surface area contributed by atoms with Gasteiger partial charge in [-0.2, -0.15) is 0 Å². The van der Waals surface area contributed by atoms with E-state index in [0.29, 0.717) is 11.9 Å². The number of nitrogens with two attached hydrogens (primary N) is 1. The maximum Gasteiger partial charge on any atom is 0.225 e. The summed E-state index contributed by atoms with van der Waals surface area (Å²) in [6, 6.07) is 1.07. The van der Waals surface area contributed by atoms with Crippen LogP contribution in [0, 0.1) is 5.92 Å². The molecule has 2 aliphatic heterocycles. The van der Waals surface area contributed by atoms with Crippen LogP contribution in [-0.4, -0.2) is 54.0 Å². The minimum Gasteiger partial charge on any atom is -0.342 e. The molecule has 0 atom stereocenters. The standard InChI is InChI=1S/C16H29N3O/c17-14-5-3-13(4-6-14)16(20)19-11-7-15(8-12-19)18-9-1-2-10-18/h13-15H,1-12,17H2. The number of hydrogen-bond acceptors (Lipinski definition) is 3. The number of amides is 1. The number of carbonyl (C=O) groups excluding carboxylic acids is 1. The second-order valence-electron chi connectivity index (χ2n) is 6.91. The van der Waals surface area contributed by atoms with Gasteiger partial charge in [0.25, 0.3) is 0 Å². The highest BCUT2D eigenvalue weighted by Crippen LogP contribution is 2.27. The van der Waals surface area contributed by atoms with Crippen LogP contribution in [0.3, 0.4) is 0 Å². The molecule has 3 fully saturated rings. The van der Waals surface area contributed by atoms with Crippen LogP contribution in [0.5, 0.6) is 0 Å². The highest BCUT2D eigenvalue weighted by molar-refractivity contribution is 5.79. The molecule has 0 unspecified atom stereocenters. The van der Waals surface area contributed by atoms with Gasteiger partial charge in [-0.25, -0.2) is 0 Å². The average molecular weight is 279 g/mol. The van der Waals surface area contributed by atoms with Crippen LogP contribution in [0.2, 0.25) is 0 Å². The van der Waals surface area contributed by atoms with E-state index in [9.17, 15) is 4.79 Å². The van der Waals surface area contributed by atoms with E-state index in [1.165, 1.54) is 38.8 Å². The van der Waals surface area contributed by atoms with Crippen LogP contribution in [0.1, 0.15) is 51.4 Å². The summed E-state index contributed by atoms with van der Waals surface area (Å²) in [4.78, 5) is 17.3. The molecule has 4 heteroatoms. The Kier molecular flexibility index (Phi) is 4.61. The summed E-state index contributed by atoms with van der Waals surface area (Å²) in [5.74, 6) is 0.676. The van der Waals surface area contributed by atoms with Gasteiger partial charge in [-0.15, -0.1) is 0 Å². The lowest BCUT2D eigenvalue weighted by Crippen LogP contribution is -2.48. The van der Waals surface area contributed by atoms with Gasteiger partial charge >= 0.3 is 0 Å². The van der Waals surface area contributed by atoms with Gasteiger partial charge in [-0.05, 0) is 64.5 Å². The Morgan fingerprint density at radius 1 is 0.850 bits per heavy atom. The van der Waals surface area contributed by atoms with Crippen molar-refractivity contribution in [1.82, 2.24) is 9.80 Å². The Bertz CT molecular complexity index is 325. The van der Waals surface area contributed by atoms with Crippen molar-refractivity contribution in [3.05, 3.63) is 0 Å². The fraction of sp³-hybridized carbons (Fsp3) is 0.938. The number of piperidine rings is 1. The molecule has 0 aromatic heterocycles. The van der Waals surface area contributed by atoms with Gasteiger partial charge in [0.1, 0.15) is 0 Å². The third-order valence-electron chi connectivity index (χ3n) is 5.55. The molecule has 1 saturated carbocycles. The predicted octanol–water partition coefficient (Wildman–Crippen LogP) is 1.59. The minimum absolute atomic E-state index is 0.262. The summed E-state index contributed by atoms with van der Waals surface area (Å²) in [5.41, 5.74) is 5.93. The second-order valence-corrected chi connectivity index (χ2v) is 6.91. The van der Waals surface area contributed by atoms with E-state index in [0.717, 1.165) is 44.8 Å². The molecule has 2 heterocycles. The second kappa shape index (κ2) is 6.44. The molecule has 0 spiro atoms. The fourth-order valence-electron chi connectivity index (χ4n) is 4.18. The third kappa shape index (κ3) is 3.17. The predicted molar refractivity (Wildman–Crippen MR) is 80.3 cm³/mol. The minimum atomic E-state index is 0.262. The quantitative estimate of drug-likeness (QED) is 0.835. The van der Waals surface area contributed by atoms with Gasteiger partial charge in [-0.1, -0.05) is 0 Å². The molecule has 2 saturated heterocycles. The number of likely N-dealkylation sites (tertiary alicyclic amines) is 2. The maximum atomic E-state index is 12.6. The van der Waals surface area contributed by atoms with Crippen molar-refractivity contribution in [2.45, 2.75) is 63.5 Å². The van der Waals surface area contributed by atoms with Crippen LogP contribution >= 0.6 is 0 Å². The van der Waals surface area contributed by atoms with Gasteiger partial charge in [-0.3, -0.25) is 4.79 Å². The first-order chi connectivity index (χ1) is 9.74. The summed E-state index contributed by atoms with van der Waals surface area (Å²) in [7, 11) is 0. The number of carbonyl (C=O) groups is 1. The van der Waals surface area contributed by atoms with Gasteiger partial charge in [0.2, 0.25) is 5.91 Å². The van der Waals surface area contributed by atoms with Crippen molar-refractivity contribution in [3.63, 3.8) is 0 Å². The van der Waals surface area contributed by atoms with E-state index in [2.05, 4.69) is 9.80 Å². The Balaban J connectivity index is 1.46. The molecular weight excluding hydrogens is 250 g/mol. The average Bonchev–Trinajstić information content (AvgIpc) is 3.02. The molecule has 114 valence electrons. The van der Waals surface area contributed by atoms with E-state index >= 15 is 0 Å². The lowest BCUT2D eigenvalue weighted by atomic mass is 9.85. The molecule has 4 nitrogen and oxygen atoms in total. The highest BCUT2D eigenvalue weighted by Gasteiger charge is 2.32. The molecule has 0 bridgehead atoms. The van der Waals surface area contributed by atoms with E-state index in [1.54, 1.807) is 0 Å². The Morgan fingerprint density at radius 2 is 1.45 bits per heavy atom. The van der Waals surface area contributed by atoms with Crippen molar-refractivity contribution >= 4 is 5.91 Å². The first-order valence-corrected chi connectivity index (χ1v) is 8.52. The Hall–Kier alpha value is -0.610. The van der Waals surface area contributed by atoms with E-state index in [4.69, 9.17) is 5.73 Å². The van der Waals surface area contributed by atoms with Gasteiger partial charge in [0.05, 0.1) is 0 Å². The molecule has 3 aliphatic rings. The van der Waals surface area contributed by atoms with Crippen LogP contribution in [-0.2, 0) is 4.79 Å². The molecule has 0 aromatic carbocycles. The van der Waals surface area contributed by atoms with Crippen LogP contribution in [0.15, 0.2) is 0 Å². The summed E-state index contributed by atoms with van der Waals surface area (Å²) >= 11 is 0. The molecule has 20 heavy (non-hydrogen) atoms. The zero-order valence-electron chi connectivity index (χ0n) is 12.6. The largest absolute Gasteiger partial charge is 0.342 e. The molecule has 1 amide bonds. The lowest BCUT2D eigenvalue weighted by molar-refractivity contribution is -0.138. The maximum absolute atomic E-state index is 12.6. The summed E-state index contributed by atoms with van der Waals surface area (Å²) in [5, 5.41) is 0. The topological polar surface area (TPSA) is 49.6 Å². The summed E-state index contributed by atoms with van der Waals surface area (Å²) in [6.07, 6.45) is 9.15. The normalized spacial score (nSPS) is 33.5. The SMILES string of the molecule is NC1CCC(C(=O)N2CCC(N3CCCC3)CC2)CC1. The molecule has 2 N–H and O–H groups in total. The van der Waals surface area contributed by atoms with E-state index in [-0.39, 0.29) is 5.92 Å². The molecular formula is C16H29N3O. The monoisotopic (exact) mass is 279 g/mol. The van der Waals surface area contributed by atoms with Crippen LogP contribution in [0.4, 0.5) is 0 Å². The summed E-state index contributed by atoms with van der Waals surface area (Å²) < 4.78 is 0. The van der Waals surface area contributed by atoms with Crippen molar-refractivity contribution in [1.29, 1.82) is 0 Å². The van der Waals surface area contributed by atoms with Crippen molar-refractivity contribution in [2.24, 2.45) is 11.7 Å². The van der Waals surface area contributed by atoms with E-state index < -0.39 is 0 Å². The van der Waals surface area contributed by atoms with Gasteiger partial charge in [0.15, 0.2) is 0 Å². The zero-order valence-corrected chi connectivity index (χ0v) is 12.6. The number of rotatable bonds is 2. The fourth-order valence-corrected chi connectivity index (χ4v) is 4.18.